The molecule has 0 atom stereocenters. The van der Waals surface area contributed by atoms with Crippen LogP contribution >= 0.6 is 0 Å². The third-order valence-corrected chi connectivity index (χ3v) is 4.24. The SMILES string of the molecule is Nc1ncc(-c2cnc3ccc(-c4cncc(C(F)(F)F)c4)nn23)cc1C(F)(F)F. The summed E-state index contributed by atoms with van der Waals surface area (Å²) in [7, 11) is 0. The summed E-state index contributed by atoms with van der Waals surface area (Å²) in [5.41, 5.74) is 3.93. The second-order valence-electron chi connectivity index (χ2n) is 6.25. The molecule has 0 saturated heterocycles. The number of halogens is 6. The van der Waals surface area contributed by atoms with Gasteiger partial charge in [0.25, 0.3) is 0 Å². The molecule has 154 valence electrons. The Labute approximate surface area is 164 Å². The van der Waals surface area contributed by atoms with Crippen LogP contribution < -0.4 is 5.73 Å². The zero-order valence-electron chi connectivity index (χ0n) is 14.7. The molecule has 2 N–H and O–H groups in total. The second-order valence-corrected chi connectivity index (χ2v) is 6.25. The molecule has 12 heteroatoms. The maximum Gasteiger partial charge on any atom is 0.419 e. The van der Waals surface area contributed by atoms with Crippen LogP contribution in [0.5, 0.6) is 0 Å². The van der Waals surface area contributed by atoms with Crippen LogP contribution in [0.4, 0.5) is 32.2 Å². The standard InChI is InChI=1S/C18H10F6N6/c19-17(20,21)11-3-9(5-26-7-11)13-1-2-15-27-8-14(30(15)29-13)10-4-12(18(22,23)24)16(25)28-6-10/h1-8H,(H2,25,28). The summed E-state index contributed by atoms with van der Waals surface area (Å²) in [6.07, 6.45) is -5.00. The highest BCUT2D eigenvalue weighted by atomic mass is 19.4. The fourth-order valence-electron chi connectivity index (χ4n) is 2.80. The third kappa shape index (κ3) is 3.51. The molecule has 0 unspecified atom stereocenters. The molecule has 4 rings (SSSR count). The van der Waals surface area contributed by atoms with Gasteiger partial charge in [-0.15, -0.1) is 0 Å². The van der Waals surface area contributed by atoms with Crippen molar-refractivity contribution in [2.24, 2.45) is 0 Å². The Hall–Kier alpha value is -3.70. The van der Waals surface area contributed by atoms with E-state index in [4.69, 9.17) is 5.73 Å². The zero-order chi connectivity index (χ0) is 21.7. The Kier molecular flexibility index (Phi) is 4.36. The number of pyridine rings is 2. The molecule has 0 spiro atoms. The minimum atomic E-state index is -4.71. The smallest absolute Gasteiger partial charge is 0.383 e. The van der Waals surface area contributed by atoms with Gasteiger partial charge in [0, 0.05) is 29.7 Å². The summed E-state index contributed by atoms with van der Waals surface area (Å²) in [4.78, 5) is 11.2. The molecule has 4 heterocycles. The number of nitrogens with two attached hydrogens (primary N) is 1. The van der Waals surface area contributed by atoms with E-state index in [0.29, 0.717) is 6.20 Å². The number of rotatable bonds is 2. The van der Waals surface area contributed by atoms with E-state index in [1.54, 1.807) is 0 Å². The first-order chi connectivity index (χ1) is 14.0. The molecule has 0 aromatic carbocycles. The topological polar surface area (TPSA) is 82.0 Å². The summed E-state index contributed by atoms with van der Waals surface area (Å²) in [5, 5.41) is 4.23. The maximum atomic E-state index is 13.1. The monoisotopic (exact) mass is 424 g/mol. The molecule has 4 aromatic heterocycles. The highest BCUT2D eigenvalue weighted by Gasteiger charge is 2.34. The summed E-state index contributed by atoms with van der Waals surface area (Å²) in [6, 6.07) is 4.60. The number of hydrogen-bond donors (Lipinski definition) is 1. The van der Waals surface area contributed by atoms with E-state index < -0.39 is 29.3 Å². The fraction of sp³-hybridized carbons (Fsp3) is 0.111. The molecule has 4 aromatic rings. The predicted molar refractivity (Wildman–Crippen MR) is 93.9 cm³/mol. The molecular weight excluding hydrogens is 414 g/mol. The van der Waals surface area contributed by atoms with Gasteiger partial charge >= 0.3 is 12.4 Å². The Bertz CT molecular complexity index is 1240. The molecule has 6 nitrogen and oxygen atoms in total. The molecule has 0 bridgehead atoms. The summed E-state index contributed by atoms with van der Waals surface area (Å²) < 4.78 is 79.5. The normalized spacial score (nSPS) is 12.5. The Balaban J connectivity index is 1.84. The van der Waals surface area contributed by atoms with Crippen LogP contribution in [0.3, 0.4) is 0 Å². The van der Waals surface area contributed by atoms with Gasteiger partial charge in [0.15, 0.2) is 5.65 Å². The van der Waals surface area contributed by atoms with E-state index in [2.05, 4.69) is 20.1 Å². The van der Waals surface area contributed by atoms with Crippen LogP contribution in [0, 0.1) is 0 Å². The highest BCUT2D eigenvalue weighted by Crippen LogP contribution is 2.35. The van der Waals surface area contributed by atoms with Crippen LogP contribution in [0.25, 0.3) is 28.2 Å². The maximum absolute atomic E-state index is 13.1. The van der Waals surface area contributed by atoms with Crippen LogP contribution in [-0.4, -0.2) is 24.6 Å². The van der Waals surface area contributed by atoms with Crippen molar-refractivity contribution in [1.82, 2.24) is 24.6 Å². The quantitative estimate of drug-likeness (QED) is 0.480. The van der Waals surface area contributed by atoms with Gasteiger partial charge in [0.05, 0.1) is 28.7 Å². The molecule has 0 saturated carbocycles. The van der Waals surface area contributed by atoms with Crippen LogP contribution in [0.2, 0.25) is 0 Å². The summed E-state index contributed by atoms with van der Waals surface area (Å²) in [5.74, 6) is -0.677. The van der Waals surface area contributed by atoms with Gasteiger partial charge in [-0.25, -0.2) is 14.5 Å². The lowest BCUT2D eigenvalue weighted by Crippen LogP contribution is -2.10. The summed E-state index contributed by atoms with van der Waals surface area (Å²) >= 11 is 0. The number of nitrogen functional groups attached to an aromatic ring is 1. The third-order valence-electron chi connectivity index (χ3n) is 4.24. The van der Waals surface area contributed by atoms with E-state index in [1.807, 2.05) is 0 Å². The van der Waals surface area contributed by atoms with Gasteiger partial charge < -0.3 is 5.73 Å². The number of fused-ring (bicyclic) bond motifs is 1. The highest BCUT2D eigenvalue weighted by molar-refractivity contribution is 5.67. The first-order valence-electron chi connectivity index (χ1n) is 8.24. The molecule has 0 amide bonds. The number of anilines is 1. The summed E-state index contributed by atoms with van der Waals surface area (Å²) in [6.45, 7) is 0. The van der Waals surface area contributed by atoms with Crippen molar-refractivity contribution < 1.29 is 26.3 Å². The van der Waals surface area contributed by atoms with Crippen molar-refractivity contribution in [3.63, 3.8) is 0 Å². The molecule has 0 radical (unpaired) electrons. The Morgan fingerprint density at radius 2 is 1.57 bits per heavy atom. The van der Waals surface area contributed by atoms with Gasteiger partial charge in [-0.05, 0) is 24.3 Å². The lowest BCUT2D eigenvalue weighted by atomic mass is 10.1. The molecule has 0 fully saturated rings. The van der Waals surface area contributed by atoms with Crippen LogP contribution in [-0.2, 0) is 12.4 Å². The number of hydrogen-bond acceptors (Lipinski definition) is 5. The van der Waals surface area contributed by atoms with E-state index in [9.17, 15) is 26.3 Å². The number of nitrogens with zero attached hydrogens (tertiary/aromatic N) is 5. The Morgan fingerprint density at radius 3 is 2.27 bits per heavy atom. The fourth-order valence-corrected chi connectivity index (χ4v) is 2.80. The number of imidazole rings is 1. The van der Waals surface area contributed by atoms with Crippen LogP contribution in [0.1, 0.15) is 11.1 Å². The lowest BCUT2D eigenvalue weighted by Gasteiger charge is -2.11. The van der Waals surface area contributed by atoms with E-state index in [-0.39, 0.29) is 28.2 Å². The number of alkyl halides is 6. The van der Waals surface area contributed by atoms with Crippen molar-refractivity contribution in [2.45, 2.75) is 12.4 Å². The van der Waals surface area contributed by atoms with Gasteiger partial charge in [0.2, 0.25) is 0 Å². The van der Waals surface area contributed by atoms with Crippen molar-refractivity contribution in [3.05, 3.63) is 60.2 Å². The molecule has 30 heavy (non-hydrogen) atoms. The predicted octanol–water partition coefficient (Wildman–Crippen LogP) is 4.47. The van der Waals surface area contributed by atoms with E-state index in [1.165, 1.54) is 29.0 Å². The van der Waals surface area contributed by atoms with Gasteiger partial charge in [-0.1, -0.05) is 0 Å². The Morgan fingerprint density at radius 1 is 0.800 bits per heavy atom. The first-order valence-corrected chi connectivity index (χ1v) is 8.24. The molecule has 0 aliphatic heterocycles. The van der Waals surface area contributed by atoms with Gasteiger partial charge in [-0.2, -0.15) is 31.4 Å². The van der Waals surface area contributed by atoms with E-state index >= 15 is 0 Å². The first kappa shape index (κ1) is 19.6. The van der Waals surface area contributed by atoms with E-state index in [0.717, 1.165) is 18.3 Å². The molecule has 0 aliphatic rings. The zero-order valence-corrected chi connectivity index (χ0v) is 14.7. The van der Waals surface area contributed by atoms with Gasteiger partial charge in [-0.3, -0.25) is 4.98 Å². The van der Waals surface area contributed by atoms with Crippen molar-refractivity contribution in [1.29, 1.82) is 0 Å². The van der Waals surface area contributed by atoms with Crippen molar-refractivity contribution in [3.8, 4) is 22.5 Å². The second kappa shape index (κ2) is 6.68. The lowest BCUT2D eigenvalue weighted by molar-refractivity contribution is -0.138. The van der Waals surface area contributed by atoms with Crippen molar-refractivity contribution >= 4 is 11.5 Å². The average Bonchev–Trinajstić information content (AvgIpc) is 3.10. The van der Waals surface area contributed by atoms with Gasteiger partial charge in [0.1, 0.15) is 5.82 Å². The largest absolute Gasteiger partial charge is 0.419 e. The molecule has 0 aliphatic carbocycles. The van der Waals surface area contributed by atoms with Crippen LogP contribution in [0.15, 0.2) is 49.1 Å². The average molecular weight is 424 g/mol. The number of aromatic nitrogens is 5. The minimum absolute atomic E-state index is 0.0378. The van der Waals surface area contributed by atoms with Crippen molar-refractivity contribution in [2.75, 3.05) is 5.73 Å². The molecular formula is C18H10F6N6. The minimum Gasteiger partial charge on any atom is -0.383 e.